The third-order valence-corrected chi connectivity index (χ3v) is 5.17. The molecule has 2 amide bonds. The highest BCUT2D eigenvalue weighted by Crippen LogP contribution is 2.34. The van der Waals surface area contributed by atoms with Crippen molar-refractivity contribution in [3.8, 4) is 5.75 Å². The van der Waals surface area contributed by atoms with Crippen LogP contribution in [0.2, 0.25) is 0 Å². The van der Waals surface area contributed by atoms with Crippen molar-refractivity contribution in [3.05, 3.63) is 45.1 Å². The molecule has 24 heavy (non-hydrogen) atoms. The number of fused-ring (bicyclic) bond motifs is 1. The molecule has 1 aliphatic heterocycles. The third-order valence-electron chi connectivity index (χ3n) is 3.82. The number of rotatable bonds is 5. The van der Waals surface area contributed by atoms with Gasteiger partial charge in [0.15, 0.2) is 6.61 Å². The van der Waals surface area contributed by atoms with Gasteiger partial charge in [0.2, 0.25) is 5.91 Å². The van der Waals surface area contributed by atoms with Gasteiger partial charge in [-0.3, -0.25) is 14.5 Å². The van der Waals surface area contributed by atoms with Crippen LogP contribution in [0.1, 0.15) is 11.8 Å². The summed E-state index contributed by atoms with van der Waals surface area (Å²) in [5.41, 5.74) is 0.634. The van der Waals surface area contributed by atoms with Gasteiger partial charge in [0.05, 0.1) is 12.2 Å². The van der Waals surface area contributed by atoms with Crippen molar-refractivity contribution in [2.45, 2.75) is 13.5 Å². The number of nitrogens with zero attached hydrogens (tertiary/aromatic N) is 2. The highest BCUT2D eigenvalue weighted by Gasteiger charge is 2.28. The average molecular weight is 409 g/mol. The Morgan fingerprint density at radius 3 is 2.96 bits per heavy atom. The van der Waals surface area contributed by atoms with Crippen molar-refractivity contribution in [1.29, 1.82) is 0 Å². The van der Waals surface area contributed by atoms with Gasteiger partial charge in [-0.05, 0) is 36.6 Å². The number of carbonyl (C=O) groups is 2. The Kier molecular flexibility index (Phi) is 5.20. The van der Waals surface area contributed by atoms with E-state index in [-0.39, 0.29) is 25.0 Å². The second-order valence-electron chi connectivity index (χ2n) is 5.37. The Morgan fingerprint density at radius 2 is 2.25 bits per heavy atom. The van der Waals surface area contributed by atoms with Gasteiger partial charge in [-0.25, -0.2) is 0 Å². The standard InChI is InChI=1S/C17H17BrN2O3S/c1-2-19(9-13-4-3-7-24-13)16(21)10-20-14-6-5-12(18)8-15(14)23-11-17(20)22/h3-8H,2,9-11H2,1H3. The molecule has 126 valence electrons. The van der Waals surface area contributed by atoms with Crippen LogP contribution in [0, 0.1) is 0 Å². The number of halogens is 1. The minimum Gasteiger partial charge on any atom is -0.482 e. The monoisotopic (exact) mass is 408 g/mol. The van der Waals surface area contributed by atoms with E-state index < -0.39 is 0 Å². The van der Waals surface area contributed by atoms with Gasteiger partial charge in [-0.15, -0.1) is 11.3 Å². The first-order valence-corrected chi connectivity index (χ1v) is 9.28. The van der Waals surface area contributed by atoms with E-state index in [4.69, 9.17) is 4.74 Å². The number of likely N-dealkylation sites (N-methyl/N-ethyl adjacent to an activating group) is 1. The van der Waals surface area contributed by atoms with Crippen LogP contribution >= 0.6 is 27.3 Å². The molecule has 1 aromatic heterocycles. The molecule has 2 heterocycles. The van der Waals surface area contributed by atoms with Crippen LogP contribution in [-0.4, -0.2) is 36.4 Å². The zero-order chi connectivity index (χ0) is 17.1. The summed E-state index contributed by atoms with van der Waals surface area (Å²) in [4.78, 5) is 29.3. The molecular formula is C17H17BrN2O3S. The maximum absolute atomic E-state index is 12.7. The summed E-state index contributed by atoms with van der Waals surface area (Å²) in [5.74, 6) is 0.332. The fraction of sp³-hybridized carbons (Fsp3) is 0.294. The van der Waals surface area contributed by atoms with Crippen LogP contribution in [-0.2, 0) is 16.1 Å². The number of carbonyl (C=O) groups excluding carboxylic acids is 2. The van der Waals surface area contributed by atoms with Crippen LogP contribution in [0.25, 0.3) is 0 Å². The Labute approximate surface area is 153 Å². The number of amides is 2. The van der Waals surface area contributed by atoms with Gasteiger partial charge in [0, 0.05) is 15.9 Å². The molecule has 0 saturated heterocycles. The molecule has 0 fully saturated rings. The number of ether oxygens (including phenoxy) is 1. The molecule has 5 nitrogen and oxygen atoms in total. The SMILES string of the molecule is CCN(Cc1cccs1)C(=O)CN1C(=O)COc2cc(Br)ccc21. The second-order valence-corrected chi connectivity index (χ2v) is 7.32. The fourth-order valence-electron chi connectivity index (χ4n) is 2.55. The molecule has 0 N–H and O–H groups in total. The molecule has 0 bridgehead atoms. The van der Waals surface area contributed by atoms with Crippen molar-refractivity contribution in [3.63, 3.8) is 0 Å². The van der Waals surface area contributed by atoms with Crippen LogP contribution in [0.5, 0.6) is 5.75 Å². The lowest BCUT2D eigenvalue weighted by Crippen LogP contribution is -2.46. The molecule has 1 aromatic carbocycles. The highest BCUT2D eigenvalue weighted by molar-refractivity contribution is 9.10. The van der Waals surface area contributed by atoms with Gasteiger partial charge in [0.1, 0.15) is 12.3 Å². The van der Waals surface area contributed by atoms with Crippen LogP contribution < -0.4 is 9.64 Å². The first-order chi connectivity index (χ1) is 11.6. The Bertz CT molecular complexity index is 748. The molecule has 1 aliphatic rings. The maximum Gasteiger partial charge on any atom is 0.265 e. The second kappa shape index (κ2) is 7.36. The van der Waals surface area contributed by atoms with Gasteiger partial charge >= 0.3 is 0 Å². The van der Waals surface area contributed by atoms with Crippen molar-refractivity contribution >= 4 is 44.8 Å². The summed E-state index contributed by atoms with van der Waals surface area (Å²) in [7, 11) is 0. The van der Waals surface area contributed by atoms with E-state index in [2.05, 4.69) is 15.9 Å². The summed E-state index contributed by atoms with van der Waals surface area (Å²) >= 11 is 5.01. The van der Waals surface area contributed by atoms with Crippen molar-refractivity contribution < 1.29 is 14.3 Å². The normalized spacial score (nSPS) is 13.4. The van der Waals surface area contributed by atoms with E-state index in [0.717, 1.165) is 9.35 Å². The van der Waals surface area contributed by atoms with Crippen molar-refractivity contribution in [1.82, 2.24) is 4.90 Å². The lowest BCUT2D eigenvalue weighted by molar-refractivity contribution is -0.132. The number of hydrogen-bond donors (Lipinski definition) is 0. The molecule has 0 spiro atoms. The highest BCUT2D eigenvalue weighted by atomic mass is 79.9. The molecule has 7 heteroatoms. The lowest BCUT2D eigenvalue weighted by Gasteiger charge is -2.31. The average Bonchev–Trinajstić information content (AvgIpc) is 3.08. The molecule has 0 aliphatic carbocycles. The number of thiophene rings is 1. The fourth-order valence-corrected chi connectivity index (χ4v) is 3.61. The predicted molar refractivity (Wildman–Crippen MR) is 97.4 cm³/mol. The lowest BCUT2D eigenvalue weighted by atomic mass is 10.2. The Hall–Kier alpha value is -1.86. The smallest absolute Gasteiger partial charge is 0.265 e. The molecular weight excluding hydrogens is 392 g/mol. The van der Waals surface area contributed by atoms with E-state index in [0.29, 0.717) is 24.5 Å². The first-order valence-electron chi connectivity index (χ1n) is 7.61. The third kappa shape index (κ3) is 3.62. The molecule has 0 saturated carbocycles. The zero-order valence-electron chi connectivity index (χ0n) is 13.2. The minimum absolute atomic E-state index is 0.0239. The summed E-state index contributed by atoms with van der Waals surface area (Å²) in [6.07, 6.45) is 0. The first kappa shape index (κ1) is 17.0. The van der Waals surface area contributed by atoms with Crippen molar-refractivity contribution in [2.24, 2.45) is 0 Å². The predicted octanol–water partition coefficient (Wildman–Crippen LogP) is 3.28. The summed E-state index contributed by atoms with van der Waals surface area (Å²) in [6.45, 7) is 3.09. The summed E-state index contributed by atoms with van der Waals surface area (Å²) in [5, 5.41) is 1.99. The van der Waals surface area contributed by atoms with E-state index >= 15 is 0 Å². The number of anilines is 1. The summed E-state index contributed by atoms with van der Waals surface area (Å²) < 4.78 is 6.33. The minimum atomic E-state index is -0.203. The van der Waals surface area contributed by atoms with Gasteiger partial charge < -0.3 is 9.64 Å². The molecule has 3 rings (SSSR count). The van der Waals surface area contributed by atoms with Gasteiger partial charge in [-0.2, -0.15) is 0 Å². The van der Waals surface area contributed by atoms with Crippen molar-refractivity contribution in [2.75, 3.05) is 24.6 Å². The topological polar surface area (TPSA) is 49.9 Å². The Balaban J connectivity index is 1.76. The summed E-state index contributed by atoms with van der Waals surface area (Å²) in [6, 6.07) is 9.41. The van der Waals surface area contributed by atoms with E-state index in [1.807, 2.05) is 36.6 Å². The van der Waals surface area contributed by atoms with E-state index in [9.17, 15) is 9.59 Å². The molecule has 0 unspecified atom stereocenters. The number of hydrogen-bond acceptors (Lipinski definition) is 4. The van der Waals surface area contributed by atoms with Crippen LogP contribution in [0.4, 0.5) is 5.69 Å². The number of benzene rings is 1. The largest absolute Gasteiger partial charge is 0.482 e. The van der Waals surface area contributed by atoms with Gasteiger partial charge in [-0.1, -0.05) is 22.0 Å². The van der Waals surface area contributed by atoms with Crippen LogP contribution in [0.15, 0.2) is 40.2 Å². The quantitative estimate of drug-likeness (QED) is 0.762. The van der Waals surface area contributed by atoms with Crippen LogP contribution in [0.3, 0.4) is 0 Å². The van der Waals surface area contributed by atoms with Gasteiger partial charge in [0.25, 0.3) is 5.91 Å². The van der Waals surface area contributed by atoms with E-state index in [1.165, 1.54) is 4.90 Å². The Morgan fingerprint density at radius 1 is 1.42 bits per heavy atom. The molecule has 0 atom stereocenters. The maximum atomic E-state index is 12.7. The zero-order valence-corrected chi connectivity index (χ0v) is 15.6. The molecule has 0 radical (unpaired) electrons. The molecule has 2 aromatic rings. The van der Waals surface area contributed by atoms with E-state index in [1.54, 1.807) is 22.3 Å².